The van der Waals surface area contributed by atoms with E-state index >= 15 is 0 Å². The molecular formula is C13H14O3. The summed E-state index contributed by atoms with van der Waals surface area (Å²) in [6, 6.07) is 5.78. The van der Waals surface area contributed by atoms with Gasteiger partial charge in [-0.3, -0.25) is 4.79 Å². The lowest BCUT2D eigenvalue weighted by atomic mass is 9.88. The molecule has 0 spiro atoms. The minimum absolute atomic E-state index is 0.0835. The first-order valence-corrected chi connectivity index (χ1v) is 5.29. The van der Waals surface area contributed by atoms with Gasteiger partial charge in [0, 0.05) is 5.56 Å². The first-order chi connectivity index (χ1) is 7.72. The summed E-state index contributed by atoms with van der Waals surface area (Å²) in [4.78, 5) is 10.8. The molecule has 1 aliphatic rings. The molecule has 3 nitrogen and oxygen atoms in total. The van der Waals surface area contributed by atoms with Gasteiger partial charge in [-0.25, -0.2) is 0 Å². The summed E-state index contributed by atoms with van der Waals surface area (Å²) in [5.41, 5.74) is 3.05. The van der Waals surface area contributed by atoms with Crippen LogP contribution >= 0.6 is 0 Å². The van der Waals surface area contributed by atoms with Crippen molar-refractivity contribution >= 4 is 11.5 Å². The van der Waals surface area contributed by atoms with Crippen LogP contribution in [-0.4, -0.2) is 18.2 Å². The van der Waals surface area contributed by atoms with Crippen molar-refractivity contribution in [2.75, 3.05) is 7.11 Å². The van der Waals surface area contributed by atoms with Crippen LogP contribution in [0.5, 0.6) is 5.75 Å². The van der Waals surface area contributed by atoms with Gasteiger partial charge < -0.3 is 9.84 Å². The first-order valence-electron chi connectivity index (χ1n) is 5.29. The molecule has 2 rings (SSSR count). The van der Waals surface area contributed by atoms with Crippen LogP contribution < -0.4 is 4.74 Å². The summed E-state index contributed by atoms with van der Waals surface area (Å²) in [7, 11) is 1.64. The molecule has 16 heavy (non-hydrogen) atoms. The van der Waals surface area contributed by atoms with Crippen molar-refractivity contribution in [3.8, 4) is 5.75 Å². The largest absolute Gasteiger partial charge is 0.496 e. The number of allylic oxidation sites excluding steroid dienone is 1. The second kappa shape index (κ2) is 4.39. The van der Waals surface area contributed by atoms with Crippen molar-refractivity contribution in [2.24, 2.45) is 0 Å². The molecule has 84 valence electrons. The van der Waals surface area contributed by atoms with Crippen molar-refractivity contribution in [1.82, 2.24) is 0 Å². The number of carboxylic acids is 1. The third kappa shape index (κ3) is 1.94. The second-order valence-electron chi connectivity index (χ2n) is 3.82. The minimum Gasteiger partial charge on any atom is -0.496 e. The highest BCUT2D eigenvalue weighted by atomic mass is 16.5. The van der Waals surface area contributed by atoms with Crippen molar-refractivity contribution in [3.63, 3.8) is 0 Å². The molecular weight excluding hydrogens is 204 g/mol. The number of fused-ring (bicyclic) bond motifs is 1. The monoisotopic (exact) mass is 218 g/mol. The summed E-state index contributed by atoms with van der Waals surface area (Å²) < 4.78 is 5.29. The maximum Gasteiger partial charge on any atom is 0.307 e. The predicted molar refractivity (Wildman–Crippen MR) is 61.5 cm³/mol. The Balaban J connectivity index is 2.42. The number of ether oxygens (including phenoxy) is 1. The average Bonchev–Trinajstić information content (AvgIpc) is 2.28. The van der Waals surface area contributed by atoms with Gasteiger partial charge in [-0.05, 0) is 30.0 Å². The molecule has 1 aromatic carbocycles. The lowest BCUT2D eigenvalue weighted by Crippen LogP contribution is -2.05. The molecule has 0 atom stereocenters. The molecule has 0 saturated heterocycles. The van der Waals surface area contributed by atoms with Gasteiger partial charge in [-0.1, -0.05) is 18.2 Å². The summed E-state index contributed by atoms with van der Waals surface area (Å²) in [6.45, 7) is 0. The van der Waals surface area contributed by atoms with E-state index < -0.39 is 5.97 Å². The van der Waals surface area contributed by atoms with Crippen LogP contribution in [0.25, 0.3) is 5.57 Å². The Labute approximate surface area is 94.4 Å². The van der Waals surface area contributed by atoms with Gasteiger partial charge in [0.25, 0.3) is 0 Å². The van der Waals surface area contributed by atoms with Gasteiger partial charge in [0.15, 0.2) is 0 Å². The van der Waals surface area contributed by atoms with Gasteiger partial charge in [0.1, 0.15) is 5.75 Å². The van der Waals surface area contributed by atoms with Crippen LogP contribution in [0.4, 0.5) is 0 Å². The van der Waals surface area contributed by atoms with E-state index in [9.17, 15) is 4.79 Å². The fourth-order valence-electron chi connectivity index (χ4n) is 2.15. The van der Waals surface area contributed by atoms with Crippen LogP contribution in [0.2, 0.25) is 0 Å². The van der Waals surface area contributed by atoms with E-state index in [1.54, 1.807) is 7.11 Å². The number of rotatable bonds is 3. The quantitative estimate of drug-likeness (QED) is 0.847. The average molecular weight is 218 g/mol. The Kier molecular flexibility index (Phi) is 2.95. The smallest absolute Gasteiger partial charge is 0.307 e. The molecule has 1 aromatic rings. The van der Waals surface area contributed by atoms with Crippen molar-refractivity contribution < 1.29 is 14.6 Å². The molecule has 0 bridgehead atoms. The molecule has 0 unspecified atom stereocenters. The Hall–Kier alpha value is -1.77. The van der Waals surface area contributed by atoms with E-state index in [2.05, 4.69) is 0 Å². The molecule has 3 heteroatoms. The minimum atomic E-state index is -0.790. The summed E-state index contributed by atoms with van der Waals surface area (Å²) in [5.74, 6) is 0.0652. The van der Waals surface area contributed by atoms with Crippen LogP contribution in [0, 0.1) is 0 Å². The Morgan fingerprint density at radius 2 is 2.31 bits per heavy atom. The molecule has 0 heterocycles. The number of aliphatic carboxylic acids is 1. The summed E-state index contributed by atoms with van der Waals surface area (Å²) in [5, 5.41) is 8.85. The molecule has 1 aliphatic carbocycles. The number of methoxy groups -OCH3 is 1. The molecule has 0 radical (unpaired) electrons. The molecule has 0 saturated carbocycles. The van der Waals surface area contributed by atoms with Gasteiger partial charge in [-0.2, -0.15) is 0 Å². The van der Waals surface area contributed by atoms with Crippen molar-refractivity contribution in [2.45, 2.75) is 19.3 Å². The molecule has 1 N–H and O–H groups in total. The third-order valence-electron chi connectivity index (χ3n) is 2.83. The third-order valence-corrected chi connectivity index (χ3v) is 2.83. The fraction of sp³-hybridized carbons (Fsp3) is 0.308. The number of carboxylic acid groups (broad SMARTS) is 1. The van der Waals surface area contributed by atoms with E-state index in [0.717, 1.165) is 35.3 Å². The van der Waals surface area contributed by atoms with E-state index in [0.29, 0.717) is 0 Å². The highest BCUT2D eigenvalue weighted by Gasteiger charge is 2.17. The van der Waals surface area contributed by atoms with Gasteiger partial charge in [0.05, 0.1) is 13.5 Å². The van der Waals surface area contributed by atoms with Crippen LogP contribution in [0.1, 0.15) is 24.0 Å². The van der Waals surface area contributed by atoms with Crippen LogP contribution in [0.15, 0.2) is 24.3 Å². The molecule has 0 fully saturated rings. The maximum absolute atomic E-state index is 10.8. The molecule has 0 amide bonds. The highest BCUT2D eigenvalue weighted by Crippen LogP contribution is 2.34. The van der Waals surface area contributed by atoms with Crippen LogP contribution in [-0.2, 0) is 11.2 Å². The SMILES string of the molecule is COc1cccc2c1CCC=C2CC(=O)O. The van der Waals surface area contributed by atoms with E-state index in [-0.39, 0.29) is 6.42 Å². The normalized spacial score (nSPS) is 13.9. The van der Waals surface area contributed by atoms with Gasteiger partial charge >= 0.3 is 5.97 Å². The second-order valence-corrected chi connectivity index (χ2v) is 3.82. The van der Waals surface area contributed by atoms with E-state index in [1.165, 1.54) is 0 Å². The van der Waals surface area contributed by atoms with Crippen molar-refractivity contribution in [1.29, 1.82) is 0 Å². The zero-order valence-corrected chi connectivity index (χ0v) is 9.19. The van der Waals surface area contributed by atoms with E-state index in [1.807, 2.05) is 24.3 Å². The lowest BCUT2D eigenvalue weighted by Gasteiger charge is -2.19. The maximum atomic E-state index is 10.8. The summed E-state index contributed by atoms with van der Waals surface area (Å²) >= 11 is 0. The number of hydrogen-bond donors (Lipinski definition) is 1. The number of benzene rings is 1. The predicted octanol–water partition coefficient (Wildman–Crippen LogP) is 2.50. The Morgan fingerprint density at radius 3 is 3.00 bits per heavy atom. The number of hydrogen-bond acceptors (Lipinski definition) is 2. The fourth-order valence-corrected chi connectivity index (χ4v) is 2.15. The van der Waals surface area contributed by atoms with Crippen LogP contribution in [0.3, 0.4) is 0 Å². The molecule has 0 aromatic heterocycles. The Morgan fingerprint density at radius 1 is 1.50 bits per heavy atom. The van der Waals surface area contributed by atoms with Gasteiger partial charge in [0.2, 0.25) is 0 Å². The lowest BCUT2D eigenvalue weighted by molar-refractivity contribution is -0.135. The molecule has 0 aliphatic heterocycles. The zero-order valence-electron chi connectivity index (χ0n) is 9.19. The zero-order chi connectivity index (χ0) is 11.5. The van der Waals surface area contributed by atoms with E-state index in [4.69, 9.17) is 9.84 Å². The number of carbonyl (C=O) groups is 1. The standard InChI is InChI=1S/C13H14O3/c1-16-12-7-3-5-10-9(8-13(14)15)4-2-6-11(10)12/h3-5,7H,2,6,8H2,1H3,(H,14,15). The highest BCUT2D eigenvalue weighted by molar-refractivity contribution is 5.86. The Bertz CT molecular complexity index is 446. The summed E-state index contributed by atoms with van der Waals surface area (Å²) in [6.07, 6.45) is 3.90. The van der Waals surface area contributed by atoms with Gasteiger partial charge in [-0.15, -0.1) is 0 Å². The van der Waals surface area contributed by atoms with Crippen molar-refractivity contribution in [3.05, 3.63) is 35.4 Å². The first kappa shape index (κ1) is 10.7. The topological polar surface area (TPSA) is 46.5 Å².